The van der Waals surface area contributed by atoms with Gasteiger partial charge >= 0.3 is 0 Å². The minimum absolute atomic E-state index is 0.583. The second kappa shape index (κ2) is 5.66. The summed E-state index contributed by atoms with van der Waals surface area (Å²) in [6, 6.07) is 2.84. The molecule has 1 heterocycles. The first-order valence-electron chi connectivity index (χ1n) is 6.09. The smallest absolute Gasteiger partial charge is 0.0328 e. The Hall–Kier alpha value is -0.340. The van der Waals surface area contributed by atoms with Crippen LogP contribution in [0, 0.1) is 5.92 Å². The van der Waals surface area contributed by atoms with Gasteiger partial charge in [0.25, 0.3) is 0 Å². The van der Waals surface area contributed by atoms with Crippen LogP contribution < -0.4 is 5.32 Å². The molecule has 1 atom stereocenters. The van der Waals surface area contributed by atoms with Gasteiger partial charge in [-0.1, -0.05) is 32.1 Å². The molecule has 0 saturated heterocycles. The van der Waals surface area contributed by atoms with E-state index in [9.17, 15) is 0 Å². The van der Waals surface area contributed by atoms with Gasteiger partial charge in [-0.15, -0.1) is 0 Å². The predicted octanol–water partition coefficient (Wildman–Crippen LogP) is 3.98. The molecule has 84 valence electrons. The van der Waals surface area contributed by atoms with Gasteiger partial charge in [-0.25, -0.2) is 0 Å². The fourth-order valence-electron chi connectivity index (χ4n) is 2.65. The molecule has 1 N–H and O–H groups in total. The molecular formula is C13H21NS. The molecule has 1 aromatic rings. The van der Waals surface area contributed by atoms with Crippen LogP contribution in [0.2, 0.25) is 0 Å². The first kappa shape index (κ1) is 11.2. The maximum Gasteiger partial charge on any atom is 0.0328 e. The fraction of sp³-hybridized carbons (Fsp3) is 0.692. The lowest BCUT2D eigenvalue weighted by molar-refractivity contribution is 0.306. The predicted molar refractivity (Wildman–Crippen MR) is 67.3 cm³/mol. The van der Waals surface area contributed by atoms with Crippen LogP contribution in [0.25, 0.3) is 0 Å². The Morgan fingerprint density at radius 1 is 1.40 bits per heavy atom. The van der Waals surface area contributed by atoms with Crippen molar-refractivity contribution in [2.24, 2.45) is 5.92 Å². The highest BCUT2D eigenvalue weighted by Gasteiger charge is 2.19. The monoisotopic (exact) mass is 223 g/mol. The zero-order valence-corrected chi connectivity index (χ0v) is 10.4. The minimum Gasteiger partial charge on any atom is -0.313 e. The van der Waals surface area contributed by atoms with Crippen LogP contribution in [0.4, 0.5) is 0 Å². The highest BCUT2D eigenvalue weighted by molar-refractivity contribution is 7.07. The van der Waals surface area contributed by atoms with Crippen LogP contribution in [0.5, 0.6) is 0 Å². The Labute approximate surface area is 96.9 Å². The van der Waals surface area contributed by atoms with E-state index < -0.39 is 0 Å². The van der Waals surface area contributed by atoms with Crippen molar-refractivity contribution in [3.05, 3.63) is 22.4 Å². The summed E-state index contributed by atoms with van der Waals surface area (Å²) in [6.07, 6.45) is 8.58. The lowest BCUT2D eigenvalue weighted by atomic mass is 9.84. The van der Waals surface area contributed by atoms with Crippen molar-refractivity contribution >= 4 is 11.3 Å². The lowest BCUT2D eigenvalue weighted by Crippen LogP contribution is -2.20. The maximum absolute atomic E-state index is 3.46. The Balaban J connectivity index is 1.90. The van der Waals surface area contributed by atoms with Crippen molar-refractivity contribution in [2.45, 2.75) is 44.6 Å². The average Bonchev–Trinajstić information content (AvgIpc) is 2.81. The maximum atomic E-state index is 3.46. The van der Waals surface area contributed by atoms with Gasteiger partial charge in [-0.3, -0.25) is 0 Å². The first-order chi connectivity index (χ1) is 7.40. The van der Waals surface area contributed by atoms with Gasteiger partial charge in [0, 0.05) is 6.04 Å². The number of thiophene rings is 1. The summed E-state index contributed by atoms with van der Waals surface area (Å²) < 4.78 is 0. The Morgan fingerprint density at radius 3 is 2.80 bits per heavy atom. The van der Waals surface area contributed by atoms with Gasteiger partial charge in [-0.05, 0) is 41.8 Å². The summed E-state index contributed by atoms with van der Waals surface area (Å²) in [5, 5.41) is 7.92. The molecule has 1 saturated carbocycles. The van der Waals surface area contributed by atoms with Crippen LogP contribution in [0.3, 0.4) is 0 Å². The topological polar surface area (TPSA) is 12.0 Å². The van der Waals surface area contributed by atoms with E-state index in [2.05, 4.69) is 29.2 Å². The van der Waals surface area contributed by atoms with Crippen molar-refractivity contribution in [1.82, 2.24) is 5.32 Å². The third-order valence-electron chi connectivity index (χ3n) is 3.59. The molecule has 1 aromatic heterocycles. The highest BCUT2D eigenvalue weighted by atomic mass is 32.1. The molecule has 2 heteroatoms. The molecular weight excluding hydrogens is 202 g/mol. The molecule has 15 heavy (non-hydrogen) atoms. The van der Waals surface area contributed by atoms with Crippen LogP contribution in [-0.4, -0.2) is 7.05 Å². The molecule has 1 aliphatic carbocycles. The zero-order valence-electron chi connectivity index (χ0n) is 9.54. The van der Waals surface area contributed by atoms with E-state index in [0.29, 0.717) is 6.04 Å². The normalized spacial score (nSPS) is 20.3. The number of rotatable bonds is 4. The van der Waals surface area contributed by atoms with Gasteiger partial charge in [-0.2, -0.15) is 11.3 Å². The molecule has 0 radical (unpaired) electrons. The summed E-state index contributed by atoms with van der Waals surface area (Å²) in [6.45, 7) is 0. The van der Waals surface area contributed by atoms with E-state index in [0.717, 1.165) is 5.92 Å². The molecule has 1 nitrogen and oxygen atoms in total. The van der Waals surface area contributed by atoms with E-state index in [1.54, 1.807) is 11.3 Å². The largest absolute Gasteiger partial charge is 0.313 e. The van der Waals surface area contributed by atoms with E-state index in [-0.39, 0.29) is 0 Å². The second-order valence-corrected chi connectivity index (χ2v) is 5.42. The van der Waals surface area contributed by atoms with Crippen molar-refractivity contribution < 1.29 is 0 Å². The molecule has 0 spiro atoms. The summed E-state index contributed by atoms with van der Waals surface area (Å²) in [4.78, 5) is 0. The first-order valence-corrected chi connectivity index (χ1v) is 7.04. The van der Waals surface area contributed by atoms with Gasteiger partial charge < -0.3 is 5.32 Å². The standard InChI is InChI=1S/C13H21NS/c1-14-13(12-7-8-15-10-12)9-11-5-3-2-4-6-11/h7-8,10-11,13-14H,2-6,9H2,1H3. The summed E-state index contributed by atoms with van der Waals surface area (Å²) in [5.74, 6) is 0.955. The third-order valence-corrected chi connectivity index (χ3v) is 4.29. The summed E-state index contributed by atoms with van der Waals surface area (Å²) >= 11 is 1.81. The molecule has 0 amide bonds. The number of nitrogens with one attached hydrogen (secondary N) is 1. The summed E-state index contributed by atoms with van der Waals surface area (Å²) in [5.41, 5.74) is 1.48. The zero-order chi connectivity index (χ0) is 10.5. The van der Waals surface area contributed by atoms with Gasteiger partial charge in [0.05, 0.1) is 0 Å². The van der Waals surface area contributed by atoms with E-state index in [1.165, 1.54) is 44.1 Å². The van der Waals surface area contributed by atoms with Crippen LogP contribution in [0.15, 0.2) is 16.8 Å². The number of hydrogen-bond acceptors (Lipinski definition) is 2. The van der Waals surface area contributed by atoms with Gasteiger partial charge in [0.15, 0.2) is 0 Å². The van der Waals surface area contributed by atoms with Crippen molar-refractivity contribution in [1.29, 1.82) is 0 Å². The summed E-state index contributed by atoms with van der Waals surface area (Å²) in [7, 11) is 2.09. The molecule has 0 aliphatic heterocycles. The molecule has 0 aromatic carbocycles. The van der Waals surface area contributed by atoms with E-state index >= 15 is 0 Å². The quantitative estimate of drug-likeness (QED) is 0.814. The number of hydrogen-bond donors (Lipinski definition) is 1. The van der Waals surface area contributed by atoms with Crippen LogP contribution >= 0.6 is 11.3 Å². The highest BCUT2D eigenvalue weighted by Crippen LogP contribution is 2.32. The van der Waals surface area contributed by atoms with Crippen molar-refractivity contribution in [3.8, 4) is 0 Å². The Morgan fingerprint density at radius 2 is 2.20 bits per heavy atom. The lowest BCUT2D eigenvalue weighted by Gasteiger charge is -2.26. The Kier molecular flexibility index (Phi) is 4.21. The molecule has 1 unspecified atom stereocenters. The van der Waals surface area contributed by atoms with Crippen molar-refractivity contribution in [2.75, 3.05) is 7.05 Å². The molecule has 1 fully saturated rings. The van der Waals surface area contributed by atoms with Gasteiger partial charge in [0.2, 0.25) is 0 Å². The third kappa shape index (κ3) is 3.05. The molecule has 1 aliphatic rings. The van der Waals surface area contributed by atoms with Crippen LogP contribution in [0.1, 0.15) is 50.1 Å². The van der Waals surface area contributed by atoms with Crippen molar-refractivity contribution in [3.63, 3.8) is 0 Å². The van der Waals surface area contributed by atoms with E-state index in [1.807, 2.05) is 0 Å². The Bertz CT molecular complexity index is 262. The van der Waals surface area contributed by atoms with E-state index in [4.69, 9.17) is 0 Å². The second-order valence-electron chi connectivity index (χ2n) is 4.64. The molecule has 0 bridgehead atoms. The fourth-order valence-corrected chi connectivity index (χ4v) is 3.36. The minimum atomic E-state index is 0.583. The van der Waals surface area contributed by atoms with Crippen LogP contribution in [-0.2, 0) is 0 Å². The SMILES string of the molecule is CNC(CC1CCCCC1)c1ccsc1. The molecule has 2 rings (SSSR count). The van der Waals surface area contributed by atoms with Gasteiger partial charge in [0.1, 0.15) is 0 Å². The average molecular weight is 223 g/mol.